The van der Waals surface area contributed by atoms with Crippen LogP contribution in [0.4, 0.5) is 5.82 Å². The highest BCUT2D eigenvalue weighted by Gasteiger charge is 2.32. The summed E-state index contributed by atoms with van der Waals surface area (Å²) < 4.78 is 0. The van der Waals surface area contributed by atoms with Crippen molar-refractivity contribution < 1.29 is 4.79 Å². The molecule has 1 atom stereocenters. The first-order valence-corrected chi connectivity index (χ1v) is 7.59. The van der Waals surface area contributed by atoms with Gasteiger partial charge in [-0.05, 0) is 32.1 Å². The van der Waals surface area contributed by atoms with E-state index in [-0.39, 0.29) is 11.9 Å². The summed E-state index contributed by atoms with van der Waals surface area (Å²) in [5.74, 6) is 2.12. The summed E-state index contributed by atoms with van der Waals surface area (Å²) in [4.78, 5) is 23.1. The van der Waals surface area contributed by atoms with E-state index < -0.39 is 0 Å². The van der Waals surface area contributed by atoms with Gasteiger partial charge >= 0.3 is 0 Å². The lowest BCUT2D eigenvalue weighted by molar-refractivity contribution is -0.122. The van der Waals surface area contributed by atoms with Crippen LogP contribution in [0.1, 0.15) is 43.8 Å². The van der Waals surface area contributed by atoms with Crippen molar-refractivity contribution in [1.82, 2.24) is 15.3 Å². The minimum atomic E-state index is -0.147. The Kier molecular flexibility index (Phi) is 3.78. The zero-order chi connectivity index (χ0) is 14.1. The van der Waals surface area contributed by atoms with Gasteiger partial charge in [-0.3, -0.25) is 4.79 Å². The van der Waals surface area contributed by atoms with Gasteiger partial charge in [-0.15, -0.1) is 0 Å². The number of piperidine rings is 1. The first-order chi connectivity index (χ1) is 9.69. The van der Waals surface area contributed by atoms with E-state index >= 15 is 0 Å². The van der Waals surface area contributed by atoms with E-state index in [1.165, 1.54) is 0 Å². The lowest BCUT2D eigenvalue weighted by Crippen LogP contribution is -2.49. The molecule has 0 aromatic carbocycles. The highest BCUT2D eigenvalue weighted by molar-refractivity contribution is 6.29. The second-order valence-corrected chi connectivity index (χ2v) is 5.89. The van der Waals surface area contributed by atoms with Crippen LogP contribution in [0, 0.1) is 0 Å². The molecule has 1 unspecified atom stereocenters. The standard InChI is InChI=1S/C14H19ClN4O/c1-16-14(20)10-4-2-3-7-19(10)12-8-11(15)17-13(18-12)9-5-6-9/h8-10H,2-7H2,1H3,(H,16,20). The predicted molar refractivity (Wildman–Crippen MR) is 78.1 cm³/mol. The van der Waals surface area contributed by atoms with Crippen LogP contribution >= 0.6 is 11.6 Å². The summed E-state index contributed by atoms with van der Waals surface area (Å²) in [7, 11) is 1.68. The van der Waals surface area contributed by atoms with Gasteiger partial charge in [0.2, 0.25) is 5.91 Å². The van der Waals surface area contributed by atoms with Crippen molar-refractivity contribution in [3.8, 4) is 0 Å². The average molecular weight is 295 g/mol. The molecule has 1 aliphatic carbocycles. The van der Waals surface area contributed by atoms with Crippen molar-refractivity contribution in [3.05, 3.63) is 17.0 Å². The molecule has 1 amide bonds. The number of anilines is 1. The van der Waals surface area contributed by atoms with Crippen LogP contribution in [-0.4, -0.2) is 35.5 Å². The van der Waals surface area contributed by atoms with Crippen LogP contribution in [-0.2, 0) is 4.79 Å². The Labute approximate surface area is 123 Å². The Balaban J connectivity index is 1.90. The van der Waals surface area contributed by atoms with Gasteiger partial charge in [-0.1, -0.05) is 11.6 Å². The number of rotatable bonds is 3. The summed E-state index contributed by atoms with van der Waals surface area (Å²) in [6.07, 6.45) is 5.29. The molecule has 0 spiro atoms. The molecule has 1 aromatic heterocycles. The molecule has 0 radical (unpaired) electrons. The van der Waals surface area contributed by atoms with E-state index in [0.717, 1.165) is 50.3 Å². The van der Waals surface area contributed by atoms with Crippen LogP contribution in [0.2, 0.25) is 5.15 Å². The Morgan fingerprint density at radius 1 is 1.35 bits per heavy atom. The summed E-state index contributed by atoms with van der Waals surface area (Å²) in [6.45, 7) is 0.843. The van der Waals surface area contributed by atoms with Gasteiger partial charge in [-0.2, -0.15) is 0 Å². The smallest absolute Gasteiger partial charge is 0.242 e. The molecule has 1 aliphatic heterocycles. The lowest BCUT2D eigenvalue weighted by Gasteiger charge is -2.35. The van der Waals surface area contributed by atoms with E-state index in [1.807, 2.05) is 0 Å². The number of carbonyl (C=O) groups excluding carboxylic acids is 1. The Morgan fingerprint density at radius 2 is 2.15 bits per heavy atom. The minimum Gasteiger partial charge on any atom is -0.357 e. The molecule has 5 nitrogen and oxygen atoms in total. The van der Waals surface area contributed by atoms with E-state index in [2.05, 4.69) is 20.2 Å². The molecule has 1 N–H and O–H groups in total. The SMILES string of the molecule is CNC(=O)C1CCCCN1c1cc(Cl)nc(C2CC2)n1. The second kappa shape index (κ2) is 5.56. The number of hydrogen-bond donors (Lipinski definition) is 1. The lowest BCUT2D eigenvalue weighted by atomic mass is 10.0. The van der Waals surface area contributed by atoms with Crippen molar-refractivity contribution in [2.24, 2.45) is 0 Å². The molecule has 1 saturated heterocycles. The third-order valence-corrected chi connectivity index (χ3v) is 4.18. The molecular weight excluding hydrogens is 276 g/mol. The summed E-state index contributed by atoms with van der Waals surface area (Å²) in [5.41, 5.74) is 0. The number of aromatic nitrogens is 2. The second-order valence-electron chi connectivity index (χ2n) is 5.50. The Morgan fingerprint density at radius 3 is 2.85 bits per heavy atom. The Bertz CT molecular complexity index is 518. The van der Waals surface area contributed by atoms with Crippen LogP contribution in [0.25, 0.3) is 0 Å². The first-order valence-electron chi connectivity index (χ1n) is 7.22. The van der Waals surface area contributed by atoms with Crippen molar-refractivity contribution in [1.29, 1.82) is 0 Å². The maximum absolute atomic E-state index is 12.0. The fraction of sp³-hybridized carbons (Fsp3) is 0.643. The van der Waals surface area contributed by atoms with E-state index in [0.29, 0.717) is 11.1 Å². The van der Waals surface area contributed by atoms with Gasteiger partial charge in [0.05, 0.1) is 0 Å². The molecule has 2 aliphatic rings. The number of halogens is 1. The van der Waals surface area contributed by atoms with E-state index in [1.54, 1.807) is 13.1 Å². The molecule has 20 heavy (non-hydrogen) atoms. The molecule has 6 heteroatoms. The largest absolute Gasteiger partial charge is 0.357 e. The van der Waals surface area contributed by atoms with Crippen molar-refractivity contribution >= 4 is 23.3 Å². The van der Waals surface area contributed by atoms with E-state index in [4.69, 9.17) is 11.6 Å². The highest BCUT2D eigenvalue weighted by atomic mass is 35.5. The van der Waals surface area contributed by atoms with Gasteiger partial charge in [0.1, 0.15) is 22.8 Å². The number of nitrogens with zero attached hydrogens (tertiary/aromatic N) is 3. The molecule has 108 valence electrons. The van der Waals surface area contributed by atoms with Crippen LogP contribution in [0.3, 0.4) is 0 Å². The fourth-order valence-corrected chi connectivity index (χ4v) is 2.92. The number of likely N-dealkylation sites (N-methyl/N-ethyl adjacent to an activating group) is 1. The van der Waals surface area contributed by atoms with Gasteiger partial charge in [0.25, 0.3) is 0 Å². The van der Waals surface area contributed by atoms with Gasteiger partial charge in [-0.25, -0.2) is 9.97 Å². The third-order valence-electron chi connectivity index (χ3n) is 3.99. The molecule has 2 heterocycles. The summed E-state index contributed by atoms with van der Waals surface area (Å²) >= 11 is 6.12. The quantitative estimate of drug-likeness (QED) is 0.868. The topological polar surface area (TPSA) is 58.1 Å². The number of hydrogen-bond acceptors (Lipinski definition) is 4. The maximum atomic E-state index is 12.0. The zero-order valence-corrected chi connectivity index (χ0v) is 12.4. The molecule has 3 rings (SSSR count). The normalized spacial score (nSPS) is 22.7. The summed E-state index contributed by atoms with van der Waals surface area (Å²) in [5, 5.41) is 3.21. The number of nitrogens with one attached hydrogen (secondary N) is 1. The van der Waals surface area contributed by atoms with Crippen molar-refractivity contribution in [3.63, 3.8) is 0 Å². The monoisotopic (exact) mass is 294 g/mol. The fourth-order valence-electron chi connectivity index (χ4n) is 2.74. The average Bonchev–Trinajstić information content (AvgIpc) is 3.30. The molecule has 1 saturated carbocycles. The molecule has 2 fully saturated rings. The molecular formula is C14H19ClN4O. The molecule has 0 bridgehead atoms. The number of amides is 1. The van der Waals surface area contributed by atoms with Gasteiger partial charge < -0.3 is 10.2 Å². The maximum Gasteiger partial charge on any atom is 0.242 e. The van der Waals surface area contributed by atoms with Crippen molar-refractivity contribution in [2.45, 2.75) is 44.1 Å². The Hall–Kier alpha value is -1.36. The highest BCUT2D eigenvalue weighted by Crippen LogP contribution is 2.39. The van der Waals surface area contributed by atoms with Crippen molar-refractivity contribution in [2.75, 3.05) is 18.5 Å². The summed E-state index contributed by atoms with van der Waals surface area (Å²) in [6, 6.07) is 1.63. The minimum absolute atomic E-state index is 0.0485. The van der Waals surface area contributed by atoms with Crippen LogP contribution < -0.4 is 10.2 Å². The molecule has 1 aromatic rings. The first kappa shape index (κ1) is 13.6. The zero-order valence-electron chi connectivity index (χ0n) is 11.6. The van der Waals surface area contributed by atoms with Crippen LogP contribution in [0.15, 0.2) is 6.07 Å². The third kappa shape index (κ3) is 2.73. The van der Waals surface area contributed by atoms with Crippen LogP contribution in [0.5, 0.6) is 0 Å². The number of carbonyl (C=O) groups is 1. The van der Waals surface area contributed by atoms with Gasteiger partial charge in [0, 0.05) is 25.6 Å². The predicted octanol–water partition coefficient (Wildman–Crippen LogP) is 2.11. The van der Waals surface area contributed by atoms with Gasteiger partial charge in [0.15, 0.2) is 0 Å². The van der Waals surface area contributed by atoms with E-state index in [9.17, 15) is 4.79 Å².